The van der Waals surface area contributed by atoms with Gasteiger partial charge >= 0.3 is 0 Å². The van der Waals surface area contributed by atoms with Gasteiger partial charge in [-0.1, -0.05) is 13.8 Å². The second kappa shape index (κ2) is 1.90. The zero-order chi connectivity index (χ0) is 5.15. The van der Waals surface area contributed by atoms with Crippen molar-refractivity contribution in [3.8, 4) is 0 Å². The number of rotatable bonds is 1. The van der Waals surface area contributed by atoms with Crippen LogP contribution in [0.2, 0.25) is 0 Å². The third-order valence-corrected chi connectivity index (χ3v) is 0.507. The number of hydrogen-bond donors (Lipinski definition) is 1. The lowest BCUT2D eigenvalue weighted by atomic mass is 10.2. The zero-order valence-corrected chi connectivity index (χ0v) is 3.96. The summed E-state index contributed by atoms with van der Waals surface area (Å²) in [5.41, 5.74) is 0. The van der Waals surface area contributed by atoms with Crippen LogP contribution in [0.25, 0.3) is 0 Å². The summed E-state index contributed by atoms with van der Waals surface area (Å²) in [4.78, 5) is 0. The molecule has 0 aliphatic heterocycles. The molecule has 0 spiro atoms. The Kier molecular flexibility index (Phi) is 1.77. The highest BCUT2D eigenvalue weighted by molar-refractivity contribution is 5.73. The smallest absolute Gasteiger partial charge is 0.184 e. The van der Waals surface area contributed by atoms with Crippen LogP contribution in [-0.2, 0) is 0 Å². The van der Waals surface area contributed by atoms with E-state index in [0.717, 1.165) is 0 Å². The molecule has 0 unspecified atom stereocenters. The van der Waals surface area contributed by atoms with Crippen molar-refractivity contribution in [2.24, 2.45) is 5.92 Å². The number of halogens is 1. The molecule has 0 fully saturated rings. The maximum absolute atomic E-state index is 11.4. The van der Waals surface area contributed by atoms with Gasteiger partial charge in [-0.05, 0) is 0 Å². The quantitative estimate of drug-likeness (QED) is 0.472. The molecule has 0 atom stereocenters. The van der Waals surface area contributed by atoms with E-state index in [4.69, 9.17) is 5.41 Å². The van der Waals surface area contributed by atoms with E-state index in [0.29, 0.717) is 0 Å². The fraction of sp³-hybridized carbons (Fsp3) is 0.750. The minimum atomic E-state index is -0.741. The summed E-state index contributed by atoms with van der Waals surface area (Å²) in [5.74, 6) is -0.972. The molecule has 0 saturated carbocycles. The van der Waals surface area contributed by atoms with Gasteiger partial charge in [0.25, 0.3) is 0 Å². The minimum absolute atomic E-state index is 0.231. The van der Waals surface area contributed by atoms with Crippen molar-refractivity contribution in [3.63, 3.8) is 0 Å². The fourth-order valence-corrected chi connectivity index (χ4v) is 0. The Morgan fingerprint density at radius 1 is 1.67 bits per heavy atom. The van der Waals surface area contributed by atoms with E-state index < -0.39 is 5.97 Å². The normalized spacial score (nSPS) is 9.33. The standard InChI is InChI=1S/C4H8FN/c1-3(2)4(5)6/h3,6H,1-2H3. The molecule has 1 nitrogen and oxygen atoms in total. The van der Waals surface area contributed by atoms with Crippen molar-refractivity contribution in [3.05, 3.63) is 0 Å². The molecule has 0 saturated heterocycles. The lowest BCUT2D eigenvalue weighted by molar-refractivity contribution is 0.681. The molecule has 0 radical (unpaired) electrons. The van der Waals surface area contributed by atoms with E-state index in [2.05, 4.69) is 0 Å². The van der Waals surface area contributed by atoms with Gasteiger partial charge in [0.2, 0.25) is 0 Å². The SMILES string of the molecule is CC(C)C(=N)F. The van der Waals surface area contributed by atoms with Gasteiger partial charge < -0.3 is 0 Å². The fourth-order valence-electron chi connectivity index (χ4n) is 0. The van der Waals surface area contributed by atoms with Crippen molar-refractivity contribution >= 4 is 5.97 Å². The van der Waals surface area contributed by atoms with E-state index in [-0.39, 0.29) is 5.92 Å². The van der Waals surface area contributed by atoms with Crippen LogP contribution in [0.3, 0.4) is 0 Å². The summed E-state index contributed by atoms with van der Waals surface area (Å²) < 4.78 is 11.4. The minimum Gasteiger partial charge on any atom is -0.278 e. The molecule has 0 aromatic carbocycles. The van der Waals surface area contributed by atoms with Gasteiger partial charge in [-0.3, -0.25) is 5.41 Å². The van der Waals surface area contributed by atoms with Crippen LogP contribution >= 0.6 is 0 Å². The second-order valence-corrected chi connectivity index (χ2v) is 1.50. The third-order valence-electron chi connectivity index (χ3n) is 0.507. The maximum Gasteiger partial charge on any atom is 0.184 e. The summed E-state index contributed by atoms with van der Waals surface area (Å²) in [5, 5.41) is 6.28. The summed E-state index contributed by atoms with van der Waals surface area (Å²) >= 11 is 0. The molecule has 6 heavy (non-hydrogen) atoms. The van der Waals surface area contributed by atoms with Crippen LogP contribution in [0.1, 0.15) is 13.8 Å². The lowest BCUT2D eigenvalue weighted by Gasteiger charge is -1.90. The first kappa shape index (κ1) is 5.60. The van der Waals surface area contributed by atoms with Crippen LogP contribution < -0.4 is 0 Å². The van der Waals surface area contributed by atoms with E-state index in [1.807, 2.05) is 0 Å². The monoisotopic (exact) mass is 89.1 g/mol. The number of hydrogen-bond acceptors (Lipinski definition) is 1. The van der Waals surface area contributed by atoms with Gasteiger partial charge in [0.1, 0.15) is 0 Å². The Bertz CT molecular complexity index is 58.6. The lowest BCUT2D eigenvalue weighted by Crippen LogP contribution is -1.95. The average Bonchev–Trinajstić information content (AvgIpc) is 1.36. The molecular formula is C4H8FN. The highest BCUT2D eigenvalue weighted by atomic mass is 19.1. The van der Waals surface area contributed by atoms with Gasteiger partial charge in [-0.25, -0.2) is 0 Å². The van der Waals surface area contributed by atoms with Crippen molar-refractivity contribution in [2.45, 2.75) is 13.8 Å². The molecule has 0 amide bonds. The van der Waals surface area contributed by atoms with Crippen LogP contribution in [-0.4, -0.2) is 5.97 Å². The summed E-state index contributed by atoms with van der Waals surface area (Å²) in [6.07, 6.45) is 0. The summed E-state index contributed by atoms with van der Waals surface area (Å²) in [7, 11) is 0. The first-order chi connectivity index (χ1) is 2.64. The van der Waals surface area contributed by atoms with Crippen LogP contribution in [0.5, 0.6) is 0 Å². The Labute approximate surface area is 36.7 Å². The van der Waals surface area contributed by atoms with Crippen LogP contribution in [0, 0.1) is 11.3 Å². The Morgan fingerprint density at radius 3 is 1.83 bits per heavy atom. The second-order valence-electron chi connectivity index (χ2n) is 1.50. The van der Waals surface area contributed by atoms with Crippen LogP contribution in [0.15, 0.2) is 0 Å². The third kappa shape index (κ3) is 1.88. The first-order valence-corrected chi connectivity index (χ1v) is 1.88. The largest absolute Gasteiger partial charge is 0.278 e. The highest BCUT2D eigenvalue weighted by Gasteiger charge is 1.95. The molecule has 1 N–H and O–H groups in total. The van der Waals surface area contributed by atoms with Crippen LogP contribution in [0.4, 0.5) is 4.39 Å². The van der Waals surface area contributed by atoms with Crippen molar-refractivity contribution in [1.29, 1.82) is 5.41 Å². The van der Waals surface area contributed by atoms with Gasteiger partial charge in [-0.15, -0.1) is 0 Å². The Balaban J connectivity index is 3.26. The zero-order valence-electron chi connectivity index (χ0n) is 3.96. The number of nitrogens with one attached hydrogen (secondary N) is 1. The average molecular weight is 89.1 g/mol. The van der Waals surface area contributed by atoms with E-state index in [9.17, 15) is 4.39 Å². The molecular weight excluding hydrogens is 81.0 g/mol. The first-order valence-electron chi connectivity index (χ1n) is 1.88. The predicted octanol–water partition coefficient (Wildman–Crippen LogP) is 1.59. The maximum atomic E-state index is 11.4. The molecule has 2 heteroatoms. The van der Waals surface area contributed by atoms with Gasteiger partial charge in [0.05, 0.1) is 0 Å². The molecule has 0 aromatic heterocycles. The summed E-state index contributed by atoms with van der Waals surface area (Å²) in [6.45, 7) is 3.28. The van der Waals surface area contributed by atoms with Gasteiger partial charge in [0, 0.05) is 5.92 Å². The molecule has 36 valence electrons. The molecule has 0 aliphatic carbocycles. The molecule has 0 heterocycles. The Morgan fingerprint density at radius 2 is 1.83 bits per heavy atom. The van der Waals surface area contributed by atoms with E-state index in [1.54, 1.807) is 13.8 Å². The Hall–Kier alpha value is -0.400. The highest BCUT2D eigenvalue weighted by Crippen LogP contribution is 1.92. The molecule has 0 aliphatic rings. The predicted molar refractivity (Wildman–Crippen MR) is 23.7 cm³/mol. The molecule has 0 bridgehead atoms. The van der Waals surface area contributed by atoms with Gasteiger partial charge in [0.15, 0.2) is 5.97 Å². The molecule has 0 rings (SSSR count). The van der Waals surface area contributed by atoms with E-state index >= 15 is 0 Å². The van der Waals surface area contributed by atoms with E-state index in [1.165, 1.54) is 0 Å². The van der Waals surface area contributed by atoms with Crippen molar-refractivity contribution in [1.82, 2.24) is 0 Å². The van der Waals surface area contributed by atoms with Gasteiger partial charge in [-0.2, -0.15) is 4.39 Å². The topological polar surface area (TPSA) is 23.9 Å². The molecule has 0 aromatic rings. The van der Waals surface area contributed by atoms with Crippen molar-refractivity contribution < 1.29 is 4.39 Å². The van der Waals surface area contributed by atoms with Crippen molar-refractivity contribution in [2.75, 3.05) is 0 Å². The summed E-state index contributed by atoms with van der Waals surface area (Å²) in [6, 6.07) is 0.